The minimum atomic E-state index is -0.930. The van der Waals surface area contributed by atoms with E-state index in [0.29, 0.717) is 43.4 Å². The van der Waals surface area contributed by atoms with Gasteiger partial charge in [-0.15, -0.1) is 0 Å². The summed E-state index contributed by atoms with van der Waals surface area (Å²) in [7, 11) is 1.79. The van der Waals surface area contributed by atoms with Crippen LogP contribution in [0.3, 0.4) is 0 Å². The Kier molecular flexibility index (Phi) is 8.97. The van der Waals surface area contributed by atoms with E-state index in [2.05, 4.69) is 0 Å². The van der Waals surface area contributed by atoms with Gasteiger partial charge in [0.05, 0.1) is 19.6 Å². The van der Waals surface area contributed by atoms with Crippen LogP contribution in [0.1, 0.15) is 37.8 Å². The van der Waals surface area contributed by atoms with E-state index in [4.69, 9.17) is 21.1 Å². The highest BCUT2D eigenvalue weighted by Crippen LogP contribution is 2.28. The lowest BCUT2D eigenvalue weighted by Crippen LogP contribution is -2.58. The molecular formula is C27H35ClN2O4. The lowest BCUT2D eigenvalue weighted by molar-refractivity contribution is -0.166. The summed E-state index contributed by atoms with van der Waals surface area (Å²) in [5, 5.41) is 0.666. The fourth-order valence-electron chi connectivity index (χ4n) is 4.06. The van der Waals surface area contributed by atoms with Crippen molar-refractivity contribution < 1.29 is 19.1 Å². The second-order valence-corrected chi connectivity index (χ2v) is 9.96. The molecule has 3 rings (SSSR count). The molecule has 1 heterocycles. The quantitative estimate of drug-likeness (QED) is 0.514. The summed E-state index contributed by atoms with van der Waals surface area (Å²) in [5.41, 5.74) is 1.03. The van der Waals surface area contributed by atoms with E-state index in [1.165, 1.54) is 0 Å². The fraction of sp³-hybridized carbons (Fsp3) is 0.481. The van der Waals surface area contributed by atoms with Gasteiger partial charge in [0.25, 0.3) is 0 Å². The normalized spacial score (nSPS) is 18.1. The van der Waals surface area contributed by atoms with Crippen molar-refractivity contribution in [2.75, 3.05) is 33.4 Å². The topological polar surface area (TPSA) is 59.1 Å². The standard InChI is InChI=1S/C27H35ClN2O4/c1-20(2)14-25(31)30-12-13-34-27(18-30,19-33-23-10-11-24(28)21(3)15-23)16-26(32)29(4)17-22-8-6-5-7-9-22/h5-11,15,20H,12-14,16-19H2,1-4H3/t27-/m0/s1. The van der Waals surface area contributed by atoms with Gasteiger partial charge in [-0.2, -0.15) is 0 Å². The van der Waals surface area contributed by atoms with Crippen molar-refractivity contribution in [3.05, 3.63) is 64.7 Å². The summed E-state index contributed by atoms with van der Waals surface area (Å²) in [6, 6.07) is 15.3. The summed E-state index contributed by atoms with van der Waals surface area (Å²) in [4.78, 5) is 29.6. The summed E-state index contributed by atoms with van der Waals surface area (Å²) in [5.74, 6) is 0.935. The summed E-state index contributed by atoms with van der Waals surface area (Å²) < 4.78 is 12.3. The van der Waals surface area contributed by atoms with Gasteiger partial charge in [0.2, 0.25) is 11.8 Å². The van der Waals surface area contributed by atoms with Crippen LogP contribution in [0.5, 0.6) is 5.75 Å². The number of hydrogen-bond donors (Lipinski definition) is 0. The highest BCUT2D eigenvalue weighted by Gasteiger charge is 2.42. The third-order valence-corrected chi connectivity index (χ3v) is 6.40. The Hall–Kier alpha value is -2.57. The highest BCUT2D eigenvalue weighted by molar-refractivity contribution is 6.31. The van der Waals surface area contributed by atoms with E-state index in [1.54, 1.807) is 24.1 Å². The number of aryl methyl sites for hydroxylation is 1. The monoisotopic (exact) mass is 486 g/mol. The second kappa shape index (κ2) is 11.7. The number of carbonyl (C=O) groups excluding carboxylic acids is 2. The van der Waals surface area contributed by atoms with Gasteiger partial charge in [-0.3, -0.25) is 9.59 Å². The SMILES string of the molecule is Cc1cc(OC[C@]2(CC(=O)N(C)Cc3ccccc3)CN(C(=O)CC(C)C)CCO2)ccc1Cl. The van der Waals surface area contributed by atoms with Gasteiger partial charge in [-0.1, -0.05) is 55.8 Å². The first-order valence-corrected chi connectivity index (χ1v) is 12.1. The molecule has 0 N–H and O–H groups in total. The van der Waals surface area contributed by atoms with Crippen LogP contribution in [-0.4, -0.2) is 60.6 Å². The zero-order chi connectivity index (χ0) is 24.7. The van der Waals surface area contributed by atoms with Crippen LogP contribution in [0, 0.1) is 12.8 Å². The highest BCUT2D eigenvalue weighted by atomic mass is 35.5. The molecule has 0 spiro atoms. The smallest absolute Gasteiger partial charge is 0.225 e. The number of benzene rings is 2. The maximum Gasteiger partial charge on any atom is 0.225 e. The second-order valence-electron chi connectivity index (χ2n) is 9.56. The molecule has 0 unspecified atom stereocenters. The summed E-state index contributed by atoms with van der Waals surface area (Å²) in [6.45, 7) is 7.82. The van der Waals surface area contributed by atoms with Crippen LogP contribution in [0.15, 0.2) is 48.5 Å². The van der Waals surface area contributed by atoms with Crippen molar-refractivity contribution in [3.63, 3.8) is 0 Å². The van der Waals surface area contributed by atoms with Gasteiger partial charge in [0.15, 0.2) is 0 Å². The minimum Gasteiger partial charge on any atom is -0.490 e. The Bertz CT molecular complexity index is 982. The maximum atomic E-state index is 13.3. The van der Waals surface area contributed by atoms with Crippen LogP contribution in [-0.2, 0) is 20.9 Å². The van der Waals surface area contributed by atoms with Gasteiger partial charge < -0.3 is 19.3 Å². The molecule has 1 atom stereocenters. The molecule has 2 amide bonds. The zero-order valence-electron chi connectivity index (χ0n) is 20.6. The van der Waals surface area contributed by atoms with E-state index in [0.717, 1.165) is 11.1 Å². The van der Waals surface area contributed by atoms with Crippen LogP contribution < -0.4 is 4.74 Å². The predicted octanol–water partition coefficient (Wildman–Crippen LogP) is 4.72. The van der Waals surface area contributed by atoms with Crippen LogP contribution in [0.25, 0.3) is 0 Å². The van der Waals surface area contributed by atoms with Crippen molar-refractivity contribution in [2.45, 2.75) is 45.8 Å². The van der Waals surface area contributed by atoms with Gasteiger partial charge in [0, 0.05) is 31.6 Å². The lowest BCUT2D eigenvalue weighted by atomic mass is 9.96. The number of rotatable bonds is 9. The van der Waals surface area contributed by atoms with Gasteiger partial charge in [0.1, 0.15) is 18.0 Å². The molecular weight excluding hydrogens is 452 g/mol. The molecule has 2 aromatic rings. The van der Waals surface area contributed by atoms with E-state index < -0.39 is 5.60 Å². The van der Waals surface area contributed by atoms with E-state index in [-0.39, 0.29) is 30.8 Å². The molecule has 1 aliphatic heterocycles. The molecule has 1 fully saturated rings. The van der Waals surface area contributed by atoms with Crippen molar-refractivity contribution in [1.29, 1.82) is 0 Å². The minimum absolute atomic E-state index is 0.0575. The molecule has 2 aromatic carbocycles. The first-order valence-electron chi connectivity index (χ1n) is 11.8. The molecule has 1 aliphatic rings. The third kappa shape index (κ3) is 7.21. The molecule has 184 valence electrons. The number of nitrogens with zero attached hydrogens (tertiary/aromatic N) is 2. The average Bonchev–Trinajstić information content (AvgIpc) is 2.80. The Labute approximate surface area is 207 Å². The van der Waals surface area contributed by atoms with Crippen LogP contribution in [0.4, 0.5) is 0 Å². The largest absolute Gasteiger partial charge is 0.490 e. The first-order chi connectivity index (χ1) is 16.2. The Morgan fingerprint density at radius 1 is 1.21 bits per heavy atom. The molecule has 1 saturated heterocycles. The van der Waals surface area contributed by atoms with Crippen LogP contribution in [0.2, 0.25) is 5.02 Å². The third-order valence-electron chi connectivity index (χ3n) is 5.98. The number of morpholine rings is 1. The Balaban J connectivity index is 1.76. The number of carbonyl (C=O) groups is 2. The number of ether oxygens (including phenoxy) is 2. The van der Waals surface area contributed by atoms with Gasteiger partial charge in [-0.25, -0.2) is 0 Å². The number of halogens is 1. The van der Waals surface area contributed by atoms with E-state index in [1.807, 2.05) is 62.1 Å². The Morgan fingerprint density at radius 2 is 1.94 bits per heavy atom. The van der Waals surface area contributed by atoms with Crippen molar-refractivity contribution >= 4 is 23.4 Å². The molecule has 6 nitrogen and oxygen atoms in total. The molecule has 34 heavy (non-hydrogen) atoms. The van der Waals surface area contributed by atoms with Crippen molar-refractivity contribution in [2.24, 2.45) is 5.92 Å². The zero-order valence-corrected chi connectivity index (χ0v) is 21.3. The fourth-order valence-corrected chi connectivity index (χ4v) is 4.18. The summed E-state index contributed by atoms with van der Waals surface area (Å²) >= 11 is 6.15. The molecule has 0 aliphatic carbocycles. The summed E-state index contributed by atoms with van der Waals surface area (Å²) in [6.07, 6.45) is 0.587. The van der Waals surface area contributed by atoms with Crippen molar-refractivity contribution in [1.82, 2.24) is 9.80 Å². The maximum absolute atomic E-state index is 13.3. The number of hydrogen-bond acceptors (Lipinski definition) is 4. The number of amides is 2. The Morgan fingerprint density at radius 3 is 2.62 bits per heavy atom. The van der Waals surface area contributed by atoms with Gasteiger partial charge >= 0.3 is 0 Å². The van der Waals surface area contributed by atoms with Crippen molar-refractivity contribution in [3.8, 4) is 5.75 Å². The average molecular weight is 487 g/mol. The van der Waals surface area contributed by atoms with Gasteiger partial charge in [-0.05, 0) is 42.2 Å². The first kappa shape index (κ1) is 26.0. The molecule has 7 heteroatoms. The van der Waals surface area contributed by atoms with Crippen LogP contribution >= 0.6 is 11.6 Å². The predicted molar refractivity (Wildman–Crippen MR) is 134 cm³/mol. The molecule has 0 bridgehead atoms. The lowest BCUT2D eigenvalue weighted by Gasteiger charge is -2.43. The molecule has 0 saturated carbocycles. The van der Waals surface area contributed by atoms with E-state index >= 15 is 0 Å². The molecule has 0 aromatic heterocycles. The van der Waals surface area contributed by atoms with E-state index in [9.17, 15) is 9.59 Å². The molecule has 0 radical (unpaired) electrons.